The number of benzene rings is 1. The molecular weight excluding hydrogens is 222 g/mol. The lowest BCUT2D eigenvalue weighted by atomic mass is 10.2. The molecule has 1 aromatic heterocycles. The number of hydrogen-bond acceptors (Lipinski definition) is 1. The fourth-order valence-corrected chi connectivity index (χ4v) is 1.46. The predicted octanol–water partition coefficient (Wildman–Crippen LogP) is 3.67. The molecule has 0 saturated heterocycles. The minimum Gasteiger partial charge on any atom is -0.336 e. The van der Waals surface area contributed by atoms with Crippen molar-refractivity contribution in [3.63, 3.8) is 0 Å². The second-order valence-corrected chi connectivity index (χ2v) is 3.31. The molecule has 0 radical (unpaired) electrons. The van der Waals surface area contributed by atoms with Crippen molar-refractivity contribution < 1.29 is 8.78 Å². The second kappa shape index (κ2) is 3.98. The van der Waals surface area contributed by atoms with Crippen molar-refractivity contribution in [3.05, 3.63) is 41.2 Å². The van der Waals surface area contributed by atoms with Gasteiger partial charge in [0.25, 0.3) is 6.43 Å². The molecule has 0 aliphatic rings. The van der Waals surface area contributed by atoms with Crippen molar-refractivity contribution in [2.24, 2.45) is 0 Å². The molecule has 78 valence electrons. The Morgan fingerprint density at radius 3 is 2.40 bits per heavy atom. The first-order valence-corrected chi connectivity index (χ1v) is 4.65. The SMILES string of the molecule is FC(F)c1[nH]c(-c2ccccc2)nc1Cl. The molecule has 0 saturated carbocycles. The van der Waals surface area contributed by atoms with E-state index in [2.05, 4.69) is 9.97 Å². The van der Waals surface area contributed by atoms with Crippen LogP contribution in [0.1, 0.15) is 12.1 Å². The summed E-state index contributed by atoms with van der Waals surface area (Å²) in [5, 5.41) is -0.177. The molecule has 1 N–H and O–H groups in total. The number of nitrogens with zero attached hydrogens (tertiary/aromatic N) is 1. The zero-order valence-corrected chi connectivity index (χ0v) is 8.30. The van der Waals surface area contributed by atoms with E-state index in [9.17, 15) is 8.78 Å². The second-order valence-electron chi connectivity index (χ2n) is 2.96. The van der Waals surface area contributed by atoms with Crippen LogP contribution in [0.5, 0.6) is 0 Å². The summed E-state index contributed by atoms with van der Waals surface area (Å²) in [6.07, 6.45) is -2.64. The predicted molar refractivity (Wildman–Crippen MR) is 54.0 cm³/mol. The lowest BCUT2D eigenvalue weighted by Crippen LogP contribution is -1.84. The van der Waals surface area contributed by atoms with E-state index in [1.807, 2.05) is 6.07 Å². The van der Waals surface area contributed by atoms with Gasteiger partial charge in [-0.2, -0.15) is 0 Å². The summed E-state index contributed by atoms with van der Waals surface area (Å²) in [6.45, 7) is 0. The molecule has 1 aromatic carbocycles. The fraction of sp³-hybridized carbons (Fsp3) is 0.100. The highest BCUT2D eigenvalue weighted by molar-refractivity contribution is 6.30. The van der Waals surface area contributed by atoms with Gasteiger partial charge in [-0.15, -0.1) is 0 Å². The number of imidazole rings is 1. The van der Waals surface area contributed by atoms with Crippen LogP contribution in [-0.4, -0.2) is 9.97 Å². The van der Waals surface area contributed by atoms with Gasteiger partial charge >= 0.3 is 0 Å². The van der Waals surface area contributed by atoms with Gasteiger partial charge in [-0.1, -0.05) is 41.9 Å². The van der Waals surface area contributed by atoms with Crippen molar-refractivity contribution in [3.8, 4) is 11.4 Å². The smallest absolute Gasteiger partial charge is 0.281 e. The quantitative estimate of drug-likeness (QED) is 0.835. The molecule has 0 aliphatic heterocycles. The van der Waals surface area contributed by atoms with Gasteiger partial charge in [0, 0.05) is 5.56 Å². The van der Waals surface area contributed by atoms with Crippen molar-refractivity contribution in [1.82, 2.24) is 9.97 Å². The number of H-pyrrole nitrogens is 1. The summed E-state index contributed by atoms with van der Waals surface area (Å²) in [7, 11) is 0. The zero-order chi connectivity index (χ0) is 10.8. The molecule has 0 atom stereocenters. The van der Waals surface area contributed by atoms with Crippen molar-refractivity contribution in [2.45, 2.75) is 6.43 Å². The van der Waals surface area contributed by atoms with E-state index >= 15 is 0 Å². The molecule has 2 aromatic rings. The van der Waals surface area contributed by atoms with Crippen LogP contribution in [0.2, 0.25) is 5.15 Å². The minimum atomic E-state index is -2.64. The van der Waals surface area contributed by atoms with E-state index in [4.69, 9.17) is 11.6 Å². The molecule has 0 bridgehead atoms. The van der Waals surface area contributed by atoms with Crippen LogP contribution in [0.4, 0.5) is 8.78 Å². The van der Waals surface area contributed by atoms with Gasteiger partial charge in [-0.3, -0.25) is 0 Å². The topological polar surface area (TPSA) is 28.7 Å². The maximum Gasteiger partial charge on any atom is 0.281 e. The summed E-state index contributed by atoms with van der Waals surface area (Å²) in [4.78, 5) is 6.34. The first-order valence-electron chi connectivity index (χ1n) is 4.27. The molecule has 15 heavy (non-hydrogen) atoms. The Morgan fingerprint density at radius 2 is 1.87 bits per heavy atom. The van der Waals surface area contributed by atoms with Crippen LogP contribution in [0.15, 0.2) is 30.3 Å². The van der Waals surface area contributed by atoms with Crippen molar-refractivity contribution in [1.29, 1.82) is 0 Å². The average molecular weight is 229 g/mol. The standard InChI is InChI=1S/C10H7ClF2N2/c11-8-7(9(12)13)14-10(15-8)6-4-2-1-3-5-6/h1-5,9H,(H,14,15). The summed E-state index contributed by atoms with van der Waals surface area (Å²) in [6, 6.07) is 8.97. The lowest BCUT2D eigenvalue weighted by molar-refractivity contribution is 0.147. The fourth-order valence-electron chi connectivity index (χ4n) is 1.24. The Bertz CT molecular complexity index is 454. The Hall–Kier alpha value is -1.42. The van der Waals surface area contributed by atoms with Gasteiger partial charge in [-0.25, -0.2) is 13.8 Å². The summed E-state index contributed by atoms with van der Waals surface area (Å²) in [5.41, 5.74) is 0.391. The molecular formula is C10H7ClF2N2. The van der Waals surface area contributed by atoms with Gasteiger partial charge in [0.2, 0.25) is 0 Å². The highest BCUT2D eigenvalue weighted by Crippen LogP contribution is 2.27. The Balaban J connectivity index is 2.43. The summed E-state index contributed by atoms with van der Waals surface area (Å²) in [5.74, 6) is 0.357. The third-order valence-corrected chi connectivity index (χ3v) is 2.24. The van der Waals surface area contributed by atoms with Gasteiger partial charge < -0.3 is 4.98 Å². The molecule has 2 rings (SSSR count). The van der Waals surface area contributed by atoms with Gasteiger partial charge in [-0.05, 0) is 0 Å². The molecule has 5 heteroatoms. The van der Waals surface area contributed by atoms with E-state index in [1.54, 1.807) is 24.3 Å². The van der Waals surface area contributed by atoms with E-state index in [0.717, 1.165) is 5.56 Å². The number of halogens is 3. The molecule has 2 nitrogen and oxygen atoms in total. The number of rotatable bonds is 2. The highest BCUT2D eigenvalue weighted by Gasteiger charge is 2.17. The number of aromatic nitrogens is 2. The molecule has 1 heterocycles. The van der Waals surface area contributed by atoms with Crippen LogP contribution < -0.4 is 0 Å². The zero-order valence-electron chi connectivity index (χ0n) is 7.55. The summed E-state index contributed by atoms with van der Waals surface area (Å²) >= 11 is 5.57. The Morgan fingerprint density at radius 1 is 1.20 bits per heavy atom. The van der Waals surface area contributed by atoms with E-state index in [-0.39, 0.29) is 10.8 Å². The maximum absolute atomic E-state index is 12.4. The molecule has 0 fully saturated rings. The third-order valence-electron chi connectivity index (χ3n) is 1.95. The number of hydrogen-bond donors (Lipinski definition) is 1. The van der Waals surface area contributed by atoms with Gasteiger partial charge in [0.05, 0.1) is 0 Å². The van der Waals surface area contributed by atoms with Crippen LogP contribution >= 0.6 is 11.6 Å². The maximum atomic E-state index is 12.4. The monoisotopic (exact) mass is 228 g/mol. The average Bonchev–Trinajstić information content (AvgIpc) is 2.62. The van der Waals surface area contributed by atoms with Crippen molar-refractivity contribution in [2.75, 3.05) is 0 Å². The number of aromatic amines is 1. The number of nitrogens with one attached hydrogen (secondary N) is 1. The third kappa shape index (κ3) is 1.99. The summed E-state index contributed by atoms with van der Waals surface area (Å²) < 4.78 is 24.8. The van der Waals surface area contributed by atoms with Crippen LogP contribution in [-0.2, 0) is 0 Å². The first-order chi connectivity index (χ1) is 7.18. The molecule has 0 amide bonds. The van der Waals surface area contributed by atoms with E-state index in [0.29, 0.717) is 5.82 Å². The van der Waals surface area contributed by atoms with Crippen LogP contribution in [0.25, 0.3) is 11.4 Å². The highest BCUT2D eigenvalue weighted by atomic mass is 35.5. The van der Waals surface area contributed by atoms with Crippen LogP contribution in [0.3, 0.4) is 0 Å². The van der Waals surface area contributed by atoms with E-state index in [1.165, 1.54) is 0 Å². The van der Waals surface area contributed by atoms with Crippen LogP contribution in [0, 0.1) is 0 Å². The Kier molecular flexibility index (Phi) is 2.68. The molecule has 0 aliphatic carbocycles. The minimum absolute atomic E-state index is 0.177. The van der Waals surface area contributed by atoms with E-state index < -0.39 is 6.43 Å². The normalized spacial score (nSPS) is 10.9. The van der Waals surface area contributed by atoms with Gasteiger partial charge in [0.15, 0.2) is 5.15 Å². The largest absolute Gasteiger partial charge is 0.336 e. The van der Waals surface area contributed by atoms with Crippen molar-refractivity contribution >= 4 is 11.6 Å². The Labute approximate surface area is 89.9 Å². The molecule has 0 unspecified atom stereocenters. The molecule has 0 spiro atoms. The lowest BCUT2D eigenvalue weighted by Gasteiger charge is -1.95. The number of alkyl halides is 2. The first kappa shape index (κ1) is 10.1. The van der Waals surface area contributed by atoms with Gasteiger partial charge in [0.1, 0.15) is 11.5 Å².